The molecular formula is C21H30N6O3. The lowest BCUT2D eigenvalue weighted by Gasteiger charge is -2.36. The van der Waals surface area contributed by atoms with Gasteiger partial charge < -0.3 is 20.0 Å². The van der Waals surface area contributed by atoms with Crippen molar-refractivity contribution in [2.24, 2.45) is 0 Å². The lowest BCUT2D eigenvalue weighted by Crippen LogP contribution is -2.45. The third kappa shape index (κ3) is 3.97. The average Bonchev–Trinajstić information content (AvgIpc) is 3.16. The minimum Gasteiger partial charge on any atom is -0.373 e. The van der Waals surface area contributed by atoms with Gasteiger partial charge in [-0.05, 0) is 32.1 Å². The van der Waals surface area contributed by atoms with E-state index < -0.39 is 0 Å². The molecule has 0 saturated carbocycles. The number of carbonyl (C=O) groups excluding carboxylic acids is 3. The second-order valence-electron chi connectivity index (χ2n) is 8.31. The summed E-state index contributed by atoms with van der Waals surface area (Å²) in [7, 11) is 1.84. The molecule has 3 aliphatic heterocycles. The quantitative estimate of drug-likeness (QED) is 0.792. The second-order valence-corrected chi connectivity index (χ2v) is 8.31. The zero-order valence-electron chi connectivity index (χ0n) is 17.8. The third-order valence-corrected chi connectivity index (χ3v) is 6.38. The fourth-order valence-corrected chi connectivity index (χ4v) is 4.70. The molecule has 4 heterocycles. The van der Waals surface area contributed by atoms with Crippen LogP contribution >= 0.6 is 0 Å². The Balaban J connectivity index is 1.60. The van der Waals surface area contributed by atoms with Gasteiger partial charge in [0.05, 0.1) is 24.8 Å². The predicted molar refractivity (Wildman–Crippen MR) is 110 cm³/mol. The normalized spacial score (nSPS) is 21.6. The number of hydrogen-bond acceptors (Lipinski definition) is 6. The van der Waals surface area contributed by atoms with Crippen LogP contribution in [0.1, 0.15) is 62.2 Å². The molecular weight excluding hydrogens is 384 g/mol. The van der Waals surface area contributed by atoms with E-state index in [0.717, 1.165) is 49.2 Å². The first-order chi connectivity index (χ1) is 14.5. The number of piperidine rings is 1. The Morgan fingerprint density at radius 2 is 1.93 bits per heavy atom. The van der Waals surface area contributed by atoms with Gasteiger partial charge in [-0.3, -0.25) is 14.4 Å². The lowest BCUT2D eigenvalue weighted by atomic mass is 9.99. The topological polar surface area (TPSA) is 98.7 Å². The molecule has 162 valence electrons. The predicted octanol–water partition coefficient (Wildman–Crippen LogP) is 1.10. The molecule has 1 aromatic heterocycles. The molecule has 1 aromatic rings. The van der Waals surface area contributed by atoms with E-state index in [0.29, 0.717) is 38.4 Å². The molecule has 9 nitrogen and oxygen atoms in total. The molecule has 30 heavy (non-hydrogen) atoms. The van der Waals surface area contributed by atoms with Crippen LogP contribution in [0.25, 0.3) is 0 Å². The summed E-state index contributed by atoms with van der Waals surface area (Å²) in [6.45, 7) is 4.16. The van der Waals surface area contributed by atoms with Gasteiger partial charge in [-0.15, -0.1) is 0 Å². The number of rotatable bonds is 4. The molecule has 1 atom stereocenters. The van der Waals surface area contributed by atoms with Crippen molar-refractivity contribution in [3.05, 3.63) is 17.1 Å². The minimum atomic E-state index is -0.200. The van der Waals surface area contributed by atoms with E-state index in [1.54, 1.807) is 16.7 Å². The van der Waals surface area contributed by atoms with Gasteiger partial charge in [0.25, 0.3) is 0 Å². The Kier molecular flexibility index (Phi) is 5.87. The summed E-state index contributed by atoms with van der Waals surface area (Å²) in [6, 6.07) is -0.200. The van der Waals surface area contributed by atoms with E-state index in [4.69, 9.17) is 9.97 Å². The highest BCUT2D eigenvalue weighted by Gasteiger charge is 2.34. The molecule has 4 rings (SSSR count). The second kappa shape index (κ2) is 8.57. The molecule has 1 N–H and O–H groups in total. The Morgan fingerprint density at radius 3 is 2.63 bits per heavy atom. The number of hydrogen-bond donors (Lipinski definition) is 1. The van der Waals surface area contributed by atoms with Gasteiger partial charge in [-0.2, -0.15) is 0 Å². The standard InChI is InChI=1S/C21H30N6O3/c1-14(28)25-11-8-15-16(12-25)23-21(24-20(15)22-2)17-6-3-4-10-27(17)19(30)13-26-9-5-7-18(26)29/h17H,3-13H2,1-2H3,(H,22,23,24)/t17-/m0/s1. The minimum absolute atomic E-state index is 0.0346. The Labute approximate surface area is 176 Å². The molecule has 0 spiro atoms. The van der Waals surface area contributed by atoms with Crippen LogP contribution in [0.2, 0.25) is 0 Å². The van der Waals surface area contributed by atoms with Crippen LogP contribution in [0.5, 0.6) is 0 Å². The average molecular weight is 415 g/mol. The molecule has 2 saturated heterocycles. The van der Waals surface area contributed by atoms with Crippen molar-refractivity contribution in [1.29, 1.82) is 0 Å². The summed E-state index contributed by atoms with van der Waals surface area (Å²) >= 11 is 0. The van der Waals surface area contributed by atoms with Crippen LogP contribution in [0.4, 0.5) is 5.82 Å². The van der Waals surface area contributed by atoms with Gasteiger partial charge in [0, 0.05) is 45.6 Å². The Hall–Kier alpha value is -2.71. The van der Waals surface area contributed by atoms with Crippen molar-refractivity contribution in [3.63, 3.8) is 0 Å². The van der Waals surface area contributed by atoms with Crippen molar-refractivity contribution in [2.45, 2.75) is 58.0 Å². The number of carbonyl (C=O) groups is 3. The van der Waals surface area contributed by atoms with Gasteiger partial charge >= 0.3 is 0 Å². The van der Waals surface area contributed by atoms with Crippen LogP contribution in [0.15, 0.2) is 0 Å². The molecule has 3 amide bonds. The molecule has 9 heteroatoms. The first-order valence-electron chi connectivity index (χ1n) is 10.9. The smallest absolute Gasteiger partial charge is 0.242 e. The van der Waals surface area contributed by atoms with Gasteiger partial charge in [0.1, 0.15) is 5.82 Å². The van der Waals surface area contributed by atoms with Crippen LogP contribution in [-0.4, -0.2) is 75.6 Å². The summed E-state index contributed by atoms with van der Waals surface area (Å²) in [5, 5.41) is 3.18. The van der Waals surface area contributed by atoms with Crippen LogP contribution < -0.4 is 5.32 Å². The van der Waals surface area contributed by atoms with E-state index in [1.165, 1.54) is 0 Å². The maximum absolute atomic E-state index is 13.1. The van der Waals surface area contributed by atoms with Crippen LogP contribution in [0, 0.1) is 0 Å². The molecule has 0 radical (unpaired) electrons. The maximum Gasteiger partial charge on any atom is 0.242 e. The highest BCUT2D eigenvalue weighted by Crippen LogP contribution is 2.32. The highest BCUT2D eigenvalue weighted by molar-refractivity contribution is 5.86. The largest absolute Gasteiger partial charge is 0.373 e. The van der Waals surface area contributed by atoms with Crippen LogP contribution in [0.3, 0.4) is 0 Å². The molecule has 0 unspecified atom stereocenters. The maximum atomic E-state index is 13.1. The first-order valence-corrected chi connectivity index (χ1v) is 10.9. The molecule has 3 aliphatic rings. The molecule has 0 aliphatic carbocycles. The summed E-state index contributed by atoms with van der Waals surface area (Å²) < 4.78 is 0. The summed E-state index contributed by atoms with van der Waals surface area (Å²) in [5.74, 6) is 1.48. The van der Waals surface area contributed by atoms with Gasteiger partial charge in [0.2, 0.25) is 17.7 Å². The molecule has 0 bridgehead atoms. The van der Waals surface area contributed by atoms with Crippen LogP contribution in [-0.2, 0) is 27.3 Å². The first kappa shape index (κ1) is 20.6. The zero-order chi connectivity index (χ0) is 21.3. The monoisotopic (exact) mass is 414 g/mol. The third-order valence-electron chi connectivity index (χ3n) is 6.38. The number of amides is 3. The number of aromatic nitrogens is 2. The number of likely N-dealkylation sites (tertiary alicyclic amines) is 2. The van der Waals surface area contributed by atoms with Crippen molar-refractivity contribution >= 4 is 23.5 Å². The zero-order valence-corrected chi connectivity index (χ0v) is 17.8. The highest BCUT2D eigenvalue weighted by atomic mass is 16.2. The Bertz CT molecular complexity index is 857. The number of fused-ring (bicyclic) bond motifs is 1. The Morgan fingerprint density at radius 1 is 1.10 bits per heavy atom. The van der Waals surface area contributed by atoms with E-state index in [2.05, 4.69) is 5.32 Å². The van der Waals surface area contributed by atoms with E-state index in [9.17, 15) is 14.4 Å². The SMILES string of the molecule is CNc1nc([C@@H]2CCCCN2C(=O)CN2CCCC2=O)nc2c1CCN(C(C)=O)C2. The fraction of sp³-hybridized carbons (Fsp3) is 0.667. The molecule has 0 aromatic carbocycles. The number of anilines is 1. The molecule has 2 fully saturated rings. The summed E-state index contributed by atoms with van der Waals surface area (Å²) in [4.78, 5) is 51.8. The fourth-order valence-electron chi connectivity index (χ4n) is 4.70. The van der Waals surface area contributed by atoms with E-state index >= 15 is 0 Å². The summed E-state index contributed by atoms with van der Waals surface area (Å²) in [5.41, 5.74) is 1.91. The summed E-state index contributed by atoms with van der Waals surface area (Å²) in [6.07, 6.45) is 4.82. The van der Waals surface area contributed by atoms with Gasteiger partial charge in [0.15, 0.2) is 5.82 Å². The van der Waals surface area contributed by atoms with Crippen molar-refractivity contribution in [2.75, 3.05) is 38.5 Å². The van der Waals surface area contributed by atoms with Gasteiger partial charge in [-0.25, -0.2) is 9.97 Å². The van der Waals surface area contributed by atoms with Crippen molar-refractivity contribution < 1.29 is 14.4 Å². The number of nitrogens with zero attached hydrogens (tertiary/aromatic N) is 5. The van der Waals surface area contributed by atoms with Crippen molar-refractivity contribution in [3.8, 4) is 0 Å². The van der Waals surface area contributed by atoms with E-state index in [-0.39, 0.29) is 30.3 Å². The van der Waals surface area contributed by atoms with Gasteiger partial charge in [-0.1, -0.05) is 0 Å². The lowest BCUT2D eigenvalue weighted by molar-refractivity contribution is -0.141. The number of nitrogens with one attached hydrogen (secondary N) is 1. The van der Waals surface area contributed by atoms with E-state index in [1.807, 2.05) is 11.9 Å². The van der Waals surface area contributed by atoms with Crippen molar-refractivity contribution in [1.82, 2.24) is 24.7 Å².